The SMILES string of the molecule is O=c1[nH][nH]c(=S)n1CCOCC1CC1. The fourth-order valence-electron chi connectivity index (χ4n) is 1.23. The largest absolute Gasteiger partial charge is 0.379 e. The van der Waals surface area contributed by atoms with Crippen LogP contribution in [0, 0.1) is 10.7 Å². The van der Waals surface area contributed by atoms with Gasteiger partial charge in [-0.3, -0.25) is 9.67 Å². The Bertz CT molecular complexity index is 374. The van der Waals surface area contributed by atoms with Crippen LogP contribution in [0.1, 0.15) is 12.8 Å². The molecular formula is C8H13N3O2S. The zero-order valence-corrected chi connectivity index (χ0v) is 8.60. The zero-order chi connectivity index (χ0) is 9.97. The smallest absolute Gasteiger partial charge is 0.342 e. The second-order valence-electron chi connectivity index (χ2n) is 3.53. The van der Waals surface area contributed by atoms with E-state index in [1.165, 1.54) is 17.4 Å². The standard InChI is InChI=1S/C8H13N3O2S/c12-7-9-10-8(14)11(7)3-4-13-5-6-1-2-6/h6H,1-5H2,(H,9,12)(H,10,14). The van der Waals surface area contributed by atoms with E-state index < -0.39 is 0 Å². The van der Waals surface area contributed by atoms with Gasteiger partial charge in [0.1, 0.15) is 0 Å². The summed E-state index contributed by atoms with van der Waals surface area (Å²) in [5, 5.41) is 5.01. The lowest BCUT2D eigenvalue weighted by molar-refractivity contribution is 0.116. The normalized spacial score (nSPS) is 16.0. The Balaban J connectivity index is 1.79. The summed E-state index contributed by atoms with van der Waals surface area (Å²) in [7, 11) is 0. The first-order valence-corrected chi connectivity index (χ1v) is 5.13. The highest BCUT2D eigenvalue weighted by Crippen LogP contribution is 2.28. The number of ether oxygens (including phenoxy) is 1. The quantitative estimate of drug-likeness (QED) is 0.560. The van der Waals surface area contributed by atoms with Gasteiger partial charge in [-0.1, -0.05) is 0 Å². The summed E-state index contributed by atoms with van der Waals surface area (Å²) in [4.78, 5) is 11.1. The van der Waals surface area contributed by atoms with Crippen molar-refractivity contribution in [2.24, 2.45) is 5.92 Å². The molecule has 1 aromatic rings. The molecule has 1 aromatic heterocycles. The number of H-pyrrole nitrogens is 2. The van der Waals surface area contributed by atoms with Crippen LogP contribution in [0.3, 0.4) is 0 Å². The third-order valence-corrected chi connectivity index (χ3v) is 2.60. The second kappa shape index (κ2) is 4.10. The Morgan fingerprint density at radius 3 is 2.86 bits per heavy atom. The van der Waals surface area contributed by atoms with E-state index in [1.54, 1.807) is 0 Å². The van der Waals surface area contributed by atoms with E-state index in [1.807, 2.05) is 0 Å². The number of aromatic amines is 2. The lowest BCUT2D eigenvalue weighted by Crippen LogP contribution is -2.20. The van der Waals surface area contributed by atoms with Crippen molar-refractivity contribution in [1.29, 1.82) is 0 Å². The predicted octanol–water partition coefficient (Wildman–Crippen LogP) is 0.661. The maximum Gasteiger partial charge on any atom is 0.342 e. The molecular weight excluding hydrogens is 202 g/mol. The van der Waals surface area contributed by atoms with Crippen molar-refractivity contribution in [3.63, 3.8) is 0 Å². The molecule has 0 spiro atoms. The number of rotatable bonds is 5. The van der Waals surface area contributed by atoms with Gasteiger partial charge in [-0.2, -0.15) is 0 Å². The number of hydrogen-bond donors (Lipinski definition) is 2. The number of nitrogens with one attached hydrogen (secondary N) is 2. The molecule has 0 bridgehead atoms. The van der Waals surface area contributed by atoms with Crippen LogP contribution in [0.5, 0.6) is 0 Å². The molecule has 0 unspecified atom stereocenters. The van der Waals surface area contributed by atoms with Crippen molar-refractivity contribution in [3.8, 4) is 0 Å². The van der Waals surface area contributed by atoms with Crippen molar-refractivity contribution in [1.82, 2.24) is 14.8 Å². The van der Waals surface area contributed by atoms with E-state index in [0.29, 0.717) is 17.9 Å². The molecule has 2 rings (SSSR count). The van der Waals surface area contributed by atoms with Crippen LogP contribution < -0.4 is 5.69 Å². The molecule has 0 saturated heterocycles. The van der Waals surface area contributed by atoms with Gasteiger partial charge in [0.05, 0.1) is 13.2 Å². The fraction of sp³-hybridized carbons (Fsp3) is 0.750. The lowest BCUT2D eigenvalue weighted by atomic mass is 10.5. The summed E-state index contributed by atoms with van der Waals surface area (Å²) in [6.07, 6.45) is 2.56. The third kappa shape index (κ3) is 2.33. The van der Waals surface area contributed by atoms with E-state index in [4.69, 9.17) is 17.0 Å². The van der Waals surface area contributed by atoms with Crippen molar-refractivity contribution in [2.45, 2.75) is 19.4 Å². The van der Waals surface area contributed by atoms with Crippen LogP contribution >= 0.6 is 12.2 Å². The van der Waals surface area contributed by atoms with E-state index in [2.05, 4.69) is 10.2 Å². The molecule has 5 nitrogen and oxygen atoms in total. The van der Waals surface area contributed by atoms with E-state index in [0.717, 1.165) is 12.5 Å². The monoisotopic (exact) mass is 215 g/mol. The number of hydrogen-bond acceptors (Lipinski definition) is 3. The van der Waals surface area contributed by atoms with Gasteiger partial charge >= 0.3 is 5.69 Å². The molecule has 1 fully saturated rings. The predicted molar refractivity (Wildman–Crippen MR) is 53.8 cm³/mol. The van der Waals surface area contributed by atoms with Crippen molar-refractivity contribution >= 4 is 12.2 Å². The first-order chi connectivity index (χ1) is 6.77. The minimum atomic E-state index is -0.204. The summed E-state index contributed by atoms with van der Waals surface area (Å²) < 4.78 is 7.29. The third-order valence-electron chi connectivity index (χ3n) is 2.28. The number of aromatic nitrogens is 3. The molecule has 0 atom stereocenters. The van der Waals surface area contributed by atoms with Gasteiger partial charge in [0.15, 0.2) is 4.77 Å². The summed E-state index contributed by atoms with van der Waals surface area (Å²) >= 11 is 4.91. The van der Waals surface area contributed by atoms with Crippen LogP contribution in [0.25, 0.3) is 0 Å². The average Bonchev–Trinajstić information content (AvgIpc) is 2.93. The highest BCUT2D eigenvalue weighted by atomic mass is 32.1. The fourth-order valence-corrected chi connectivity index (χ4v) is 1.45. The maximum atomic E-state index is 11.1. The van der Waals surface area contributed by atoms with Gasteiger partial charge in [0.25, 0.3) is 0 Å². The Kier molecular flexibility index (Phi) is 2.83. The first-order valence-electron chi connectivity index (χ1n) is 4.72. The Morgan fingerprint density at radius 2 is 2.29 bits per heavy atom. The molecule has 6 heteroatoms. The molecule has 1 aliphatic carbocycles. The molecule has 0 aliphatic heterocycles. The van der Waals surface area contributed by atoms with Crippen molar-refractivity contribution < 1.29 is 4.74 Å². The summed E-state index contributed by atoms with van der Waals surface area (Å²) in [5.41, 5.74) is -0.204. The van der Waals surface area contributed by atoms with E-state index >= 15 is 0 Å². The first kappa shape index (κ1) is 9.67. The van der Waals surface area contributed by atoms with Crippen LogP contribution in [0.2, 0.25) is 0 Å². The molecule has 1 saturated carbocycles. The van der Waals surface area contributed by atoms with E-state index in [9.17, 15) is 4.79 Å². The summed E-state index contributed by atoms with van der Waals surface area (Å²) in [5.74, 6) is 0.757. The van der Waals surface area contributed by atoms with Crippen LogP contribution in [-0.2, 0) is 11.3 Å². The van der Waals surface area contributed by atoms with Gasteiger partial charge in [-0.25, -0.2) is 9.89 Å². The molecule has 1 aliphatic rings. The zero-order valence-electron chi connectivity index (χ0n) is 7.78. The molecule has 0 aromatic carbocycles. The van der Waals surface area contributed by atoms with Gasteiger partial charge in [0, 0.05) is 6.61 Å². The lowest BCUT2D eigenvalue weighted by Gasteiger charge is -2.02. The van der Waals surface area contributed by atoms with Gasteiger partial charge in [-0.15, -0.1) is 0 Å². The Morgan fingerprint density at radius 1 is 1.50 bits per heavy atom. The molecule has 2 N–H and O–H groups in total. The minimum Gasteiger partial charge on any atom is -0.379 e. The maximum absolute atomic E-state index is 11.1. The molecule has 78 valence electrons. The number of nitrogens with zero attached hydrogens (tertiary/aromatic N) is 1. The second-order valence-corrected chi connectivity index (χ2v) is 3.92. The van der Waals surface area contributed by atoms with Crippen molar-refractivity contribution in [2.75, 3.05) is 13.2 Å². The topological polar surface area (TPSA) is 62.8 Å². The highest BCUT2D eigenvalue weighted by molar-refractivity contribution is 7.71. The van der Waals surface area contributed by atoms with Gasteiger partial charge in [0.2, 0.25) is 0 Å². The highest BCUT2D eigenvalue weighted by Gasteiger charge is 2.20. The Labute approximate surface area is 86.1 Å². The van der Waals surface area contributed by atoms with Crippen LogP contribution in [-0.4, -0.2) is 28.0 Å². The van der Waals surface area contributed by atoms with Gasteiger partial charge in [-0.05, 0) is 31.0 Å². The average molecular weight is 215 g/mol. The van der Waals surface area contributed by atoms with E-state index in [-0.39, 0.29) is 5.69 Å². The molecule has 1 heterocycles. The molecule has 14 heavy (non-hydrogen) atoms. The molecule has 0 radical (unpaired) electrons. The minimum absolute atomic E-state index is 0.204. The molecule has 0 amide bonds. The van der Waals surface area contributed by atoms with Crippen LogP contribution in [0.15, 0.2) is 4.79 Å². The summed E-state index contributed by atoms with van der Waals surface area (Å²) in [6.45, 7) is 1.88. The van der Waals surface area contributed by atoms with Crippen LogP contribution in [0.4, 0.5) is 0 Å². The van der Waals surface area contributed by atoms with Crippen molar-refractivity contribution in [3.05, 3.63) is 15.3 Å². The summed E-state index contributed by atoms with van der Waals surface area (Å²) in [6, 6.07) is 0. The van der Waals surface area contributed by atoms with Gasteiger partial charge < -0.3 is 4.74 Å². The Hall–Kier alpha value is -0.880.